The second-order valence-electron chi connectivity index (χ2n) is 5.26. The predicted molar refractivity (Wildman–Crippen MR) is 82.5 cm³/mol. The summed E-state index contributed by atoms with van der Waals surface area (Å²) >= 11 is 6.08. The van der Waals surface area contributed by atoms with Crippen molar-refractivity contribution in [2.24, 2.45) is 5.10 Å². The molecule has 0 aromatic heterocycles. The van der Waals surface area contributed by atoms with Gasteiger partial charge in [-0.3, -0.25) is 10.2 Å². The number of nitrogens with zero attached hydrogens (tertiary/aromatic N) is 1. The van der Waals surface area contributed by atoms with Gasteiger partial charge in [-0.2, -0.15) is 5.10 Å². The summed E-state index contributed by atoms with van der Waals surface area (Å²) in [5.74, 6) is -0.0885. The molecule has 0 bridgehead atoms. The van der Waals surface area contributed by atoms with Gasteiger partial charge in [0.25, 0.3) is 5.91 Å². The molecule has 2 aliphatic rings. The van der Waals surface area contributed by atoms with Crippen LogP contribution in [0.5, 0.6) is 0 Å². The minimum absolute atomic E-state index is 0.0885. The fraction of sp³-hybridized carbons (Fsp3) is 0.125. The zero-order chi connectivity index (χ0) is 14.4. The van der Waals surface area contributed by atoms with E-state index in [4.69, 9.17) is 11.6 Å². The first-order valence-corrected chi connectivity index (χ1v) is 7.07. The first-order chi connectivity index (χ1) is 10.2. The molecule has 1 atom stereocenters. The van der Waals surface area contributed by atoms with Gasteiger partial charge in [0.1, 0.15) is 0 Å². The molecule has 0 saturated carbocycles. The second kappa shape index (κ2) is 4.33. The van der Waals surface area contributed by atoms with E-state index in [0.717, 1.165) is 22.5 Å². The fourth-order valence-electron chi connectivity index (χ4n) is 2.91. The molecule has 2 aromatic rings. The van der Waals surface area contributed by atoms with Crippen LogP contribution >= 0.6 is 11.6 Å². The number of halogens is 1. The van der Waals surface area contributed by atoms with E-state index in [0.29, 0.717) is 11.4 Å². The summed E-state index contributed by atoms with van der Waals surface area (Å²) in [7, 11) is 0. The fourth-order valence-corrected chi connectivity index (χ4v) is 3.08. The van der Waals surface area contributed by atoms with Crippen molar-refractivity contribution < 1.29 is 4.79 Å². The summed E-state index contributed by atoms with van der Waals surface area (Å²) in [5, 5.41) is 7.89. The van der Waals surface area contributed by atoms with Crippen molar-refractivity contribution in [2.45, 2.75) is 12.0 Å². The Bertz CT molecular complexity index is 772. The van der Waals surface area contributed by atoms with Gasteiger partial charge in [0.2, 0.25) is 0 Å². The molecule has 4 nitrogen and oxygen atoms in total. The molecule has 5 heteroatoms. The van der Waals surface area contributed by atoms with Gasteiger partial charge in [-0.15, -0.1) is 0 Å². The molecule has 0 fully saturated rings. The number of nitrogens with one attached hydrogen (secondary N) is 2. The SMILES string of the molecule is O=C1Nc2ccc(Cl)cc2C12CC(c1ccccc1)=NN2. The van der Waals surface area contributed by atoms with Gasteiger partial charge in [-0.05, 0) is 23.8 Å². The molecule has 104 valence electrons. The molecular weight excluding hydrogens is 286 g/mol. The lowest BCUT2D eigenvalue weighted by atomic mass is 9.86. The highest BCUT2D eigenvalue weighted by atomic mass is 35.5. The Labute approximate surface area is 126 Å². The van der Waals surface area contributed by atoms with E-state index in [9.17, 15) is 4.79 Å². The Hall–Kier alpha value is -2.33. The molecule has 0 radical (unpaired) electrons. The number of amides is 1. The molecule has 1 unspecified atom stereocenters. The maximum Gasteiger partial charge on any atom is 0.256 e. The lowest BCUT2D eigenvalue weighted by molar-refractivity contribution is -0.121. The second-order valence-corrected chi connectivity index (χ2v) is 5.70. The lowest BCUT2D eigenvalue weighted by Gasteiger charge is -2.21. The number of anilines is 1. The van der Waals surface area contributed by atoms with Crippen LogP contribution in [-0.2, 0) is 10.3 Å². The molecule has 0 saturated heterocycles. The number of hydrazone groups is 1. The van der Waals surface area contributed by atoms with Crippen LogP contribution in [0.15, 0.2) is 53.6 Å². The molecule has 2 heterocycles. The number of fused-ring (bicyclic) bond motifs is 2. The molecule has 2 aromatic carbocycles. The third kappa shape index (κ3) is 1.76. The summed E-state index contributed by atoms with van der Waals surface area (Å²) in [6, 6.07) is 15.3. The summed E-state index contributed by atoms with van der Waals surface area (Å²) in [6.07, 6.45) is 0.510. The summed E-state index contributed by atoms with van der Waals surface area (Å²) in [5.41, 5.74) is 5.73. The van der Waals surface area contributed by atoms with E-state index in [1.165, 1.54) is 0 Å². The van der Waals surface area contributed by atoms with Crippen LogP contribution in [-0.4, -0.2) is 11.6 Å². The van der Waals surface area contributed by atoms with E-state index in [-0.39, 0.29) is 5.91 Å². The van der Waals surface area contributed by atoms with Crippen LogP contribution in [0.4, 0.5) is 5.69 Å². The topological polar surface area (TPSA) is 53.5 Å². The number of carbonyl (C=O) groups is 1. The van der Waals surface area contributed by atoms with Gasteiger partial charge in [-0.1, -0.05) is 41.9 Å². The molecule has 1 spiro atoms. The Morgan fingerprint density at radius 1 is 1.14 bits per heavy atom. The lowest BCUT2D eigenvalue weighted by Crippen LogP contribution is -2.42. The highest BCUT2D eigenvalue weighted by molar-refractivity contribution is 6.31. The van der Waals surface area contributed by atoms with Gasteiger partial charge in [0, 0.05) is 22.7 Å². The summed E-state index contributed by atoms with van der Waals surface area (Å²) in [6.45, 7) is 0. The van der Waals surface area contributed by atoms with Crippen molar-refractivity contribution in [2.75, 3.05) is 5.32 Å². The van der Waals surface area contributed by atoms with E-state index in [2.05, 4.69) is 15.8 Å². The van der Waals surface area contributed by atoms with Gasteiger partial charge in [-0.25, -0.2) is 0 Å². The number of hydrogen-bond donors (Lipinski definition) is 2. The number of carbonyl (C=O) groups excluding carboxylic acids is 1. The van der Waals surface area contributed by atoms with Crippen molar-refractivity contribution in [3.63, 3.8) is 0 Å². The third-order valence-electron chi connectivity index (χ3n) is 4.00. The quantitative estimate of drug-likeness (QED) is 0.850. The van der Waals surface area contributed by atoms with Crippen LogP contribution in [0, 0.1) is 0 Å². The van der Waals surface area contributed by atoms with E-state index < -0.39 is 5.54 Å². The molecule has 2 N–H and O–H groups in total. The zero-order valence-corrected chi connectivity index (χ0v) is 11.8. The van der Waals surface area contributed by atoms with E-state index >= 15 is 0 Å². The first-order valence-electron chi connectivity index (χ1n) is 6.70. The van der Waals surface area contributed by atoms with Gasteiger partial charge >= 0.3 is 0 Å². The largest absolute Gasteiger partial charge is 0.323 e. The van der Waals surface area contributed by atoms with Crippen molar-refractivity contribution >= 4 is 28.9 Å². The maximum absolute atomic E-state index is 12.5. The Morgan fingerprint density at radius 2 is 1.95 bits per heavy atom. The maximum atomic E-state index is 12.5. The highest BCUT2D eigenvalue weighted by Gasteiger charge is 2.50. The van der Waals surface area contributed by atoms with E-state index in [1.807, 2.05) is 42.5 Å². The van der Waals surface area contributed by atoms with Gasteiger partial charge in [0.15, 0.2) is 5.54 Å². The average Bonchev–Trinajstić information content (AvgIpc) is 3.06. The van der Waals surface area contributed by atoms with Crippen molar-refractivity contribution in [3.8, 4) is 0 Å². The average molecular weight is 298 g/mol. The first kappa shape index (κ1) is 12.4. The molecule has 2 aliphatic heterocycles. The standard InChI is InChI=1S/C16H12ClN3O/c17-11-6-7-13-12(8-11)16(15(21)18-13)9-14(19-20-16)10-4-2-1-3-5-10/h1-8,20H,9H2,(H,18,21). The number of hydrogen-bond acceptors (Lipinski definition) is 3. The smallest absolute Gasteiger partial charge is 0.256 e. The van der Waals surface area contributed by atoms with Crippen molar-refractivity contribution in [3.05, 3.63) is 64.7 Å². The zero-order valence-electron chi connectivity index (χ0n) is 11.1. The predicted octanol–water partition coefficient (Wildman–Crippen LogP) is 2.89. The molecule has 21 heavy (non-hydrogen) atoms. The van der Waals surface area contributed by atoms with E-state index in [1.54, 1.807) is 6.07 Å². The van der Waals surface area contributed by atoms with Crippen LogP contribution in [0.25, 0.3) is 0 Å². The van der Waals surface area contributed by atoms with Crippen LogP contribution in [0.3, 0.4) is 0 Å². The number of rotatable bonds is 1. The third-order valence-corrected chi connectivity index (χ3v) is 4.23. The normalized spacial score (nSPS) is 22.7. The van der Waals surface area contributed by atoms with Crippen LogP contribution in [0.2, 0.25) is 5.02 Å². The number of benzene rings is 2. The monoisotopic (exact) mass is 297 g/mol. The van der Waals surface area contributed by atoms with Crippen LogP contribution < -0.4 is 10.7 Å². The minimum atomic E-state index is -0.842. The summed E-state index contributed by atoms with van der Waals surface area (Å²) < 4.78 is 0. The molecule has 0 aliphatic carbocycles. The minimum Gasteiger partial charge on any atom is -0.323 e. The highest BCUT2D eigenvalue weighted by Crippen LogP contribution is 2.42. The summed E-state index contributed by atoms with van der Waals surface area (Å²) in [4.78, 5) is 12.5. The Kier molecular flexibility index (Phi) is 2.56. The van der Waals surface area contributed by atoms with Gasteiger partial charge < -0.3 is 5.32 Å². The Morgan fingerprint density at radius 3 is 2.76 bits per heavy atom. The Balaban J connectivity index is 1.76. The van der Waals surface area contributed by atoms with Crippen molar-refractivity contribution in [1.29, 1.82) is 0 Å². The molecule has 4 rings (SSSR count). The molecular formula is C16H12ClN3O. The molecule has 1 amide bonds. The van der Waals surface area contributed by atoms with Crippen LogP contribution in [0.1, 0.15) is 17.5 Å². The van der Waals surface area contributed by atoms with Crippen molar-refractivity contribution in [1.82, 2.24) is 5.43 Å². The van der Waals surface area contributed by atoms with Gasteiger partial charge in [0.05, 0.1) is 5.71 Å².